The summed E-state index contributed by atoms with van der Waals surface area (Å²) in [5.74, 6) is -1.75. The Hall–Kier alpha value is -0.650. The number of carboxylic acids is 1. The van der Waals surface area contributed by atoms with Gasteiger partial charge in [0.05, 0.1) is 6.61 Å². The highest BCUT2D eigenvalue weighted by molar-refractivity contribution is 5.62. The molecule has 5 heteroatoms. The Kier molecular flexibility index (Phi) is 28.9. The highest BCUT2D eigenvalue weighted by Crippen LogP contribution is 2.15. The van der Waals surface area contributed by atoms with Crippen molar-refractivity contribution in [3.63, 3.8) is 0 Å². The zero-order valence-corrected chi connectivity index (χ0v) is 22.7. The first kappa shape index (κ1) is 34.5. The molecule has 0 bridgehead atoms. The minimum atomic E-state index is -0.918. The zero-order valence-electron chi connectivity index (χ0n) is 22.7. The van der Waals surface area contributed by atoms with Crippen LogP contribution in [0.2, 0.25) is 0 Å². The molecule has 0 aromatic rings. The van der Waals surface area contributed by atoms with E-state index < -0.39 is 11.8 Å². The van der Waals surface area contributed by atoms with Gasteiger partial charge >= 0.3 is 0 Å². The number of ether oxygens (including phenoxy) is 1. The van der Waals surface area contributed by atoms with E-state index in [4.69, 9.17) is 26.1 Å². The van der Waals surface area contributed by atoms with Crippen molar-refractivity contribution in [2.75, 3.05) is 6.61 Å². The predicted molar refractivity (Wildman–Crippen MR) is 143 cm³/mol. The first-order valence-electron chi connectivity index (χ1n) is 14.3. The molecule has 0 spiro atoms. The van der Waals surface area contributed by atoms with E-state index in [0.717, 1.165) is 26.2 Å². The summed E-state index contributed by atoms with van der Waals surface area (Å²) in [6.07, 6.45) is 28.9. The lowest BCUT2D eigenvalue weighted by Gasteiger charge is -2.25. The minimum absolute atomic E-state index is 0.710. The molecular weight excluding hydrogens is 412 g/mol. The first-order valence-corrected chi connectivity index (χ1v) is 14.3. The van der Waals surface area contributed by atoms with Gasteiger partial charge in [-0.05, 0) is 12.8 Å². The summed E-state index contributed by atoms with van der Waals surface area (Å²) in [5, 5.41) is 7.42. The molecule has 0 aliphatic rings. The van der Waals surface area contributed by atoms with Crippen molar-refractivity contribution in [3.05, 3.63) is 0 Å². The first-order chi connectivity index (χ1) is 15.9. The van der Waals surface area contributed by atoms with Crippen LogP contribution in [0.5, 0.6) is 0 Å². The van der Waals surface area contributed by atoms with Crippen LogP contribution in [-0.4, -0.2) is 23.5 Å². The van der Waals surface area contributed by atoms with Crippen molar-refractivity contribution in [3.8, 4) is 0 Å². The van der Waals surface area contributed by atoms with E-state index in [1.807, 2.05) is 0 Å². The fourth-order valence-electron chi connectivity index (χ4n) is 3.99. The fraction of sp³-hybridized carbons (Fsp3) is 0.964. The maximum absolute atomic E-state index is 9.00. The third-order valence-electron chi connectivity index (χ3n) is 6.04. The van der Waals surface area contributed by atoms with Gasteiger partial charge in [0.25, 0.3) is 5.97 Å². The molecule has 0 aromatic heterocycles. The molecule has 0 rings (SSSR count). The lowest BCUT2D eigenvalue weighted by Crippen LogP contribution is -2.52. The second kappa shape index (κ2) is 27.6. The van der Waals surface area contributed by atoms with Gasteiger partial charge in [-0.3, -0.25) is 16.3 Å². The SMILES string of the molecule is CC(=O)O.CCCCCCCCCCCCCOC(N)(N)CCCCCCCCCCCC. The predicted octanol–water partition coefficient (Wildman–Crippen LogP) is 8.29. The number of carbonyl (C=O) groups is 1. The molecule has 0 unspecified atom stereocenters. The number of unbranched alkanes of at least 4 members (excludes halogenated alkanes) is 19. The number of carboxylic acid groups (broad SMARTS) is 1. The van der Waals surface area contributed by atoms with E-state index in [1.165, 1.54) is 122 Å². The monoisotopic (exact) mass is 472 g/mol. The summed E-state index contributed by atoms with van der Waals surface area (Å²) in [5.41, 5.74) is 12.2. The average molecular weight is 473 g/mol. The Labute approximate surface area is 206 Å². The summed E-state index contributed by atoms with van der Waals surface area (Å²) in [6.45, 7) is 6.35. The topological polar surface area (TPSA) is 98.6 Å². The van der Waals surface area contributed by atoms with Gasteiger partial charge in [0.15, 0.2) is 5.85 Å². The molecule has 0 atom stereocenters. The summed E-state index contributed by atoms with van der Waals surface area (Å²) >= 11 is 0. The Morgan fingerprint density at radius 1 is 0.606 bits per heavy atom. The quantitative estimate of drug-likeness (QED) is 0.0969. The second-order valence-electron chi connectivity index (χ2n) is 9.79. The molecule has 0 fully saturated rings. The molecule has 0 saturated heterocycles. The van der Waals surface area contributed by atoms with Gasteiger partial charge in [-0.15, -0.1) is 0 Å². The van der Waals surface area contributed by atoms with Crippen LogP contribution >= 0.6 is 0 Å². The average Bonchev–Trinajstić information content (AvgIpc) is 2.75. The van der Waals surface area contributed by atoms with Crippen LogP contribution in [0.4, 0.5) is 0 Å². The van der Waals surface area contributed by atoms with Crippen LogP contribution in [0.15, 0.2) is 0 Å². The number of rotatable bonds is 24. The molecule has 5 nitrogen and oxygen atoms in total. The van der Waals surface area contributed by atoms with Crippen molar-refractivity contribution < 1.29 is 14.6 Å². The smallest absolute Gasteiger partial charge is 0.300 e. The number of hydrogen-bond donors (Lipinski definition) is 3. The molecule has 200 valence electrons. The van der Waals surface area contributed by atoms with Crippen LogP contribution in [-0.2, 0) is 9.53 Å². The molecule has 0 radical (unpaired) electrons. The van der Waals surface area contributed by atoms with E-state index in [1.54, 1.807) is 0 Å². The summed E-state index contributed by atoms with van der Waals surface area (Å²) in [7, 11) is 0. The van der Waals surface area contributed by atoms with Crippen molar-refractivity contribution in [2.45, 2.75) is 168 Å². The van der Waals surface area contributed by atoms with Crippen LogP contribution < -0.4 is 11.5 Å². The summed E-state index contributed by atoms with van der Waals surface area (Å²) in [4.78, 5) is 9.00. The molecule has 0 saturated carbocycles. The number of aliphatic carboxylic acids is 1. The molecule has 0 amide bonds. The summed E-state index contributed by atoms with van der Waals surface area (Å²) < 4.78 is 5.75. The van der Waals surface area contributed by atoms with Gasteiger partial charge in [0.1, 0.15) is 0 Å². The van der Waals surface area contributed by atoms with Crippen molar-refractivity contribution in [1.29, 1.82) is 0 Å². The fourth-order valence-corrected chi connectivity index (χ4v) is 3.99. The van der Waals surface area contributed by atoms with Gasteiger partial charge < -0.3 is 9.84 Å². The second-order valence-corrected chi connectivity index (χ2v) is 9.79. The standard InChI is InChI=1S/C26H56N2O.C2H4O2/c1-3-5-7-9-11-13-15-17-19-21-23-25-29-26(27,28)24-22-20-18-16-14-12-10-8-6-4-2;1-2(3)4/h3-25,27-28H2,1-2H3;1H3,(H,3,4). The van der Waals surface area contributed by atoms with Crippen molar-refractivity contribution in [1.82, 2.24) is 0 Å². The van der Waals surface area contributed by atoms with E-state index in [-0.39, 0.29) is 0 Å². The highest BCUT2D eigenvalue weighted by Gasteiger charge is 2.18. The van der Waals surface area contributed by atoms with E-state index >= 15 is 0 Å². The van der Waals surface area contributed by atoms with Crippen LogP contribution in [0.3, 0.4) is 0 Å². The van der Waals surface area contributed by atoms with Crippen LogP contribution in [0, 0.1) is 0 Å². The van der Waals surface area contributed by atoms with Gasteiger partial charge in [0.2, 0.25) is 0 Å². The zero-order chi connectivity index (χ0) is 25.0. The number of nitrogens with two attached hydrogens (primary N) is 2. The Balaban J connectivity index is 0. The van der Waals surface area contributed by atoms with Crippen molar-refractivity contribution >= 4 is 5.97 Å². The molecule has 0 aliphatic carbocycles. The van der Waals surface area contributed by atoms with Gasteiger partial charge in [0, 0.05) is 13.3 Å². The molecule has 0 aromatic carbocycles. The molecule has 5 N–H and O–H groups in total. The van der Waals surface area contributed by atoms with Crippen molar-refractivity contribution in [2.24, 2.45) is 11.5 Å². The lowest BCUT2D eigenvalue weighted by atomic mass is 10.0. The van der Waals surface area contributed by atoms with Gasteiger partial charge in [-0.2, -0.15) is 0 Å². The Morgan fingerprint density at radius 2 is 0.879 bits per heavy atom. The Bertz CT molecular complexity index is 385. The third kappa shape index (κ3) is 36.1. The van der Waals surface area contributed by atoms with E-state index in [9.17, 15) is 0 Å². The molecular formula is C28H60N2O3. The maximum atomic E-state index is 9.00. The highest BCUT2D eigenvalue weighted by atomic mass is 16.5. The minimum Gasteiger partial charge on any atom is -0.481 e. The Morgan fingerprint density at radius 3 is 1.21 bits per heavy atom. The molecule has 0 heterocycles. The normalized spacial score (nSPS) is 11.3. The summed E-state index contributed by atoms with van der Waals surface area (Å²) in [6, 6.07) is 0. The van der Waals surface area contributed by atoms with Gasteiger partial charge in [-0.1, -0.05) is 136 Å². The molecule has 0 aliphatic heterocycles. The van der Waals surface area contributed by atoms with E-state index in [0.29, 0.717) is 6.61 Å². The lowest BCUT2D eigenvalue weighted by molar-refractivity contribution is -0.134. The largest absolute Gasteiger partial charge is 0.481 e. The molecule has 33 heavy (non-hydrogen) atoms. The van der Waals surface area contributed by atoms with Crippen LogP contribution in [0.1, 0.15) is 162 Å². The maximum Gasteiger partial charge on any atom is 0.300 e. The third-order valence-corrected chi connectivity index (χ3v) is 6.04. The van der Waals surface area contributed by atoms with Crippen LogP contribution in [0.25, 0.3) is 0 Å². The van der Waals surface area contributed by atoms with E-state index in [2.05, 4.69) is 13.8 Å². The number of hydrogen-bond acceptors (Lipinski definition) is 4. The van der Waals surface area contributed by atoms with Gasteiger partial charge in [-0.25, -0.2) is 0 Å².